The van der Waals surface area contributed by atoms with Gasteiger partial charge in [-0.1, -0.05) is 0 Å². The van der Waals surface area contributed by atoms with Gasteiger partial charge in [0.25, 0.3) is 23.9 Å². The Balaban J connectivity index is -0.0000000197. The summed E-state index contributed by atoms with van der Waals surface area (Å²) in [4.78, 5) is 36.0. The molecule has 13 heteroatoms. The van der Waals surface area contributed by atoms with Gasteiger partial charge in [-0.25, -0.2) is 0 Å². The van der Waals surface area contributed by atoms with Gasteiger partial charge in [0, 0.05) is 40.8 Å². The first kappa shape index (κ1) is 49.5. The van der Waals surface area contributed by atoms with Crippen LogP contribution < -0.4 is 36.3 Å². The molecule has 0 saturated carbocycles. The fourth-order valence-corrected chi connectivity index (χ4v) is 0. The predicted octanol–water partition coefficient (Wildman–Crippen LogP) is -6.73. The Morgan fingerprint density at radius 3 is 0.652 bits per heavy atom. The summed E-state index contributed by atoms with van der Waals surface area (Å²) in [5.41, 5.74) is 9.81. The average molecular weight is 427 g/mol. The first-order valence-electron chi connectivity index (χ1n) is 5.03. The van der Waals surface area contributed by atoms with E-state index in [1.165, 1.54) is 0 Å². The van der Waals surface area contributed by atoms with Gasteiger partial charge in [-0.3, -0.25) is 19.2 Å². The summed E-state index contributed by atoms with van der Waals surface area (Å²) < 4.78 is 0. The number of carboxylic acid groups (broad SMARTS) is 4. The number of aliphatic carboxylic acids is 4. The van der Waals surface area contributed by atoms with Crippen LogP contribution in [0, 0.1) is 0 Å². The summed E-state index contributed by atoms with van der Waals surface area (Å²) in [7, 11) is 0. The van der Waals surface area contributed by atoms with E-state index in [2.05, 4.69) is 0 Å². The zero-order valence-corrected chi connectivity index (χ0v) is 15.7. The molecule has 0 unspecified atom stereocenters. The van der Waals surface area contributed by atoms with Crippen LogP contribution in [-0.2, 0) is 36.2 Å². The van der Waals surface area contributed by atoms with Crippen LogP contribution in [0.15, 0.2) is 0 Å². The molecule has 0 aliphatic heterocycles. The van der Waals surface area contributed by atoms with Gasteiger partial charge in [-0.05, 0) is 0 Å². The minimum absolute atomic E-state index is 0. The van der Waals surface area contributed by atoms with Crippen molar-refractivity contribution < 1.29 is 81.5 Å². The van der Waals surface area contributed by atoms with Crippen molar-refractivity contribution in [3.8, 4) is 0 Å². The van der Waals surface area contributed by atoms with Gasteiger partial charge >= 0.3 is 17.1 Å². The number of rotatable bonds is 1. The molecule has 0 aromatic rings. The van der Waals surface area contributed by atoms with Crippen LogP contribution in [0.25, 0.3) is 0 Å². The van der Waals surface area contributed by atoms with E-state index in [-0.39, 0.29) is 41.9 Å². The number of nitrogens with two attached hydrogens (primary N) is 2. The molecule has 23 heavy (non-hydrogen) atoms. The molecule has 0 atom stereocenters. The molecule has 0 amide bonds. The monoisotopic (exact) mass is 426 g/mol. The Hall–Kier alpha value is -1.10. The molecule has 0 spiro atoms. The van der Waals surface area contributed by atoms with Gasteiger partial charge in [0.1, 0.15) is 0 Å². The molecule has 144 valence electrons. The van der Waals surface area contributed by atoms with E-state index in [4.69, 9.17) is 51.1 Å². The van der Waals surface area contributed by atoms with E-state index >= 15 is 0 Å². The van der Waals surface area contributed by atoms with Crippen LogP contribution in [0.4, 0.5) is 0 Å². The fourth-order valence-electron chi connectivity index (χ4n) is 0. The summed E-state index contributed by atoms with van der Waals surface area (Å²) in [5.74, 6) is -3.33. The van der Waals surface area contributed by atoms with E-state index < -0.39 is 23.9 Å². The standard InChI is InChI=1S/C2H8N2.4C2H4O2.2ClH.Fe/c3-1-2-4;4*1-2(3)4;;;/h1-4H2;4*1H3,(H,3,4);2*1H;/q;;;;;;;+2/p-2. The van der Waals surface area contributed by atoms with Crippen molar-refractivity contribution in [1.29, 1.82) is 0 Å². The van der Waals surface area contributed by atoms with Crippen LogP contribution in [0.3, 0.4) is 0 Å². The number of hydrogen-bond acceptors (Lipinski definition) is 6. The number of hydrogen-bond donors (Lipinski definition) is 6. The van der Waals surface area contributed by atoms with Crippen LogP contribution in [0.2, 0.25) is 0 Å². The molecule has 0 aromatic heterocycles. The van der Waals surface area contributed by atoms with Crippen LogP contribution in [0.5, 0.6) is 0 Å². The van der Waals surface area contributed by atoms with Gasteiger partial charge in [0.15, 0.2) is 0 Å². The molecule has 0 aliphatic carbocycles. The summed E-state index contributed by atoms with van der Waals surface area (Å²) in [6.45, 7) is 5.53. The van der Waals surface area contributed by atoms with E-state index in [1.807, 2.05) is 0 Å². The molecule has 0 radical (unpaired) electrons. The van der Waals surface area contributed by atoms with E-state index in [0.717, 1.165) is 27.7 Å². The molecular formula is C10H24Cl2FeN2O8. The number of carboxylic acids is 4. The van der Waals surface area contributed by atoms with Gasteiger partial charge in [0.05, 0.1) is 0 Å². The second-order valence-corrected chi connectivity index (χ2v) is 2.65. The minimum atomic E-state index is -0.833. The molecule has 8 N–H and O–H groups in total. The molecular weight excluding hydrogens is 403 g/mol. The topological polar surface area (TPSA) is 201 Å². The van der Waals surface area contributed by atoms with Gasteiger partial charge in [-0.2, -0.15) is 0 Å². The second-order valence-electron chi connectivity index (χ2n) is 2.65. The molecule has 0 bridgehead atoms. The van der Waals surface area contributed by atoms with E-state index in [0.29, 0.717) is 13.1 Å². The smallest absolute Gasteiger partial charge is 1.00 e. The van der Waals surface area contributed by atoms with Crippen molar-refractivity contribution in [1.82, 2.24) is 0 Å². The minimum Gasteiger partial charge on any atom is -1.00 e. The van der Waals surface area contributed by atoms with Crippen molar-refractivity contribution in [3.63, 3.8) is 0 Å². The number of halogens is 2. The fraction of sp³-hybridized carbons (Fsp3) is 0.600. The maximum atomic E-state index is 9.00. The van der Waals surface area contributed by atoms with Crippen LogP contribution in [-0.4, -0.2) is 57.4 Å². The average Bonchev–Trinajstić information content (AvgIpc) is 2.13. The molecule has 0 aliphatic rings. The zero-order valence-electron chi connectivity index (χ0n) is 13.1. The molecule has 0 rings (SSSR count). The van der Waals surface area contributed by atoms with E-state index in [1.54, 1.807) is 0 Å². The maximum Gasteiger partial charge on any atom is 2.00 e. The third kappa shape index (κ3) is 739000. The molecule has 0 saturated heterocycles. The molecule has 0 fully saturated rings. The quantitative estimate of drug-likeness (QED) is 0.219. The third-order valence-corrected chi connectivity index (χ3v) is 0.167. The Morgan fingerprint density at radius 1 is 0.609 bits per heavy atom. The van der Waals surface area contributed by atoms with Crippen LogP contribution >= 0.6 is 0 Å². The van der Waals surface area contributed by atoms with Crippen molar-refractivity contribution in [3.05, 3.63) is 0 Å². The molecule has 0 heterocycles. The van der Waals surface area contributed by atoms with Crippen molar-refractivity contribution in [2.45, 2.75) is 27.7 Å². The number of carbonyl (C=O) groups is 4. The van der Waals surface area contributed by atoms with Crippen LogP contribution in [0.1, 0.15) is 27.7 Å². The van der Waals surface area contributed by atoms with E-state index in [9.17, 15) is 0 Å². The third-order valence-electron chi connectivity index (χ3n) is 0.167. The Kier molecular flexibility index (Phi) is 107. The summed E-state index contributed by atoms with van der Waals surface area (Å²) >= 11 is 0. The second kappa shape index (κ2) is 49.7. The SMILES string of the molecule is CC(=O)O.CC(=O)O.CC(=O)O.CC(=O)O.NCCN.[Cl-].[Cl-].[Fe+2]. The van der Waals surface area contributed by atoms with Gasteiger partial charge in [-0.15, -0.1) is 0 Å². The van der Waals surface area contributed by atoms with Gasteiger partial charge < -0.3 is 56.7 Å². The largest absolute Gasteiger partial charge is 2.00 e. The molecule has 0 aromatic carbocycles. The normalized spacial score (nSPS) is 5.65. The maximum absolute atomic E-state index is 9.00. The first-order valence-corrected chi connectivity index (χ1v) is 5.03. The summed E-state index contributed by atoms with van der Waals surface area (Å²) in [6, 6.07) is 0. The van der Waals surface area contributed by atoms with Crippen molar-refractivity contribution in [2.24, 2.45) is 11.5 Å². The van der Waals surface area contributed by atoms with Crippen molar-refractivity contribution in [2.75, 3.05) is 13.1 Å². The van der Waals surface area contributed by atoms with Gasteiger partial charge in [0.2, 0.25) is 0 Å². The molecule has 10 nitrogen and oxygen atoms in total. The zero-order chi connectivity index (χ0) is 17.7. The first-order chi connectivity index (χ1) is 8.84. The summed E-state index contributed by atoms with van der Waals surface area (Å²) in [5, 5.41) is 29.7. The van der Waals surface area contributed by atoms with Crippen molar-refractivity contribution >= 4 is 23.9 Å². The predicted molar refractivity (Wildman–Crippen MR) is 71.3 cm³/mol. The Morgan fingerprint density at radius 2 is 0.652 bits per heavy atom. The Bertz CT molecular complexity index is 205. The Labute approximate surface area is 157 Å². The summed E-state index contributed by atoms with van der Waals surface area (Å²) in [6.07, 6.45) is 0.